The van der Waals surface area contributed by atoms with E-state index in [0.29, 0.717) is 26.1 Å². The Morgan fingerprint density at radius 2 is 2.21 bits per heavy atom. The van der Waals surface area contributed by atoms with E-state index in [-0.39, 0.29) is 11.7 Å². The fourth-order valence-corrected chi connectivity index (χ4v) is 3.26. The van der Waals surface area contributed by atoms with Crippen LogP contribution in [0.2, 0.25) is 0 Å². The zero-order chi connectivity index (χ0) is 17.6. The molecule has 2 rings (SSSR count). The van der Waals surface area contributed by atoms with Gasteiger partial charge in [0.15, 0.2) is 0 Å². The van der Waals surface area contributed by atoms with Crippen LogP contribution < -0.4 is 10.1 Å². The Kier molecular flexibility index (Phi) is 6.39. The summed E-state index contributed by atoms with van der Waals surface area (Å²) in [6.07, 6.45) is 4.73. The lowest BCUT2D eigenvalue weighted by Crippen LogP contribution is -2.32. The van der Waals surface area contributed by atoms with Gasteiger partial charge in [0.1, 0.15) is 5.75 Å². The van der Waals surface area contributed by atoms with Crippen molar-refractivity contribution in [3.05, 3.63) is 35.4 Å². The van der Waals surface area contributed by atoms with E-state index >= 15 is 0 Å². The van der Waals surface area contributed by atoms with Gasteiger partial charge in [0.25, 0.3) is 0 Å². The molecule has 0 bridgehead atoms. The average molecular weight is 352 g/mol. The predicted octanol–water partition coefficient (Wildman–Crippen LogP) is 1.42. The van der Waals surface area contributed by atoms with E-state index in [2.05, 4.69) is 5.32 Å². The zero-order valence-corrected chi connectivity index (χ0v) is 14.9. The van der Waals surface area contributed by atoms with E-state index in [0.717, 1.165) is 23.3 Å². The lowest BCUT2D eigenvalue weighted by Gasteiger charge is -2.15. The van der Waals surface area contributed by atoms with Crippen LogP contribution in [-0.4, -0.2) is 51.1 Å². The second kappa shape index (κ2) is 8.30. The Hall–Kier alpha value is -1.86. The fourth-order valence-electron chi connectivity index (χ4n) is 2.41. The summed E-state index contributed by atoms with van der Waals surface area (Å²) in [6.45, 7) is 3.16. The molecular weight excluding hydrogens is 328 g/mol. The molecule has 0 aliphatic carbocycles. The number of hydrogen-bond acceptors (Lipinski definition) is 4. The minimum Gasteiger partial charge on any atom is -0.493 e. The summed E-state index contributed by atoms with van der Waals surface area (Å²) in [5, 5.41) is 2.76. The maximum Gasteiger partial charge on any atom is 0.243 e. The number of sulfonamides is 1. The molecule has 0 radical (unpaired) electrons. The first-order valence-corrected chi connectivity index (χ1v) is 9.69. The average Bonchev–Trinajstić information content (AvgIpc) is 3.04. The molecule has 0 fully saturated rings. The Morgan fingerprint density at radius 1 is 1.42 bits per heavy atom. The van der Waals surface area contributed by atoms with Crippen LogP contribution in [0.4, 0.5) is 0 Å². The first kappa shape index (κ1) is 18.5. The minimum absolute atomic E-state index is 0.0877. The summed E-state index contributed by atoms with van der Waals surface area (Å²) in [7, 11) is -1.60. The molecule has 24 heavy (non-hydrogen) atoms. The lowest BCUT2D eigenvalue weighted by atomic mass is 10.1. The summed E-state index contributed by atoms with van der Waals surface area (Å²) in [4.78, 5) is 11.8. The predicted molar refractivity (Wildman–Crippen MR) is 94.4 cm³/mol. The molecule has 1 aromatic carbocycles. The third kappa shape index (κ3) is 5.07. The van der Waals surface area contributed by atoms with Crippen molar-refractivity contribution in [3.63, 3.8) is 0 Å². The number of fused-ring (bicyclic) bond motifs is 1. The van der Waals surface area contributed by atoms with Gasteiger partial charge in [-0.25, -0.2) is 12.7 Å². The SMILES string of the molecule is CCS(=O)(=O)N(C)CCCNC(=O)/C=C/c1ccc2c(c1)CCO2. The molecule has 1 aromatic rings. The summed E-state index contributed by atoms with van der Waals surface area (Å²) in [5.41, 5.74) is 2.13. The van der Waals surface area contributed by atoms with Crippen LogP contribution >= 0.6 is 0 Å². The molecule has 0 unspecified atom stereocenters. The van der Waals surface area contributed by atoms with Crippen molar-refractivity contribution in [2.45, 2.75) is 19.8 Å². The Balaban J connectivity index is 1.73. The maximum atomic E-state index is 11.8. The van der Waals surface area contributed by atoms with Crippen molar-refractivity contribution >= 4 is 22.0 Å². The van der Waals surface area contributed by atoms with E-state index in [1.807, 2.05) is 18.2 Å². The maximum absolute atomic E-state index is 11.8. The fraction of sp³-hybridized carbons (Fsp3) is 0.471. The summed E-state index contributed by atoms with van der Waals surface area (Å²) >= 11 is 0. The third-order valence-corrected chi connectivity index (χ3v) is 5.79. The van der Waals surface area contributed by atoms with Crippen LogP contribution in [0.25, 0.3) is 6.08 Å². The molecule has 1 amide bonds. The van der Waals surface area contributed by atoms with Gasteiger partial charge < -0.3 is 10.1 Å². The van der Waals surface area contributed by atoms with Crippen LogP contribution in [0.1, 0.15) is 24.5 Å². The number of ether oxygens (including phenoxy) is 1. The number of carbonyl (C=O) groups excluding carboxylic acids is 1. The van der Waals surface area contributed by atoms with Crippen molar-refractivity contribution in [1.82, 2.24) is 9.62 Å². The quantitative estimate of drug-likeness (QED) is 0.567. The van der Waals surface area contributed by atoms with Gasteiger partial charge >= 0.3 is 0 Å². The van der Waals surface area contributed by atoms with Crippen molar-refractivity contribution in [3.8, 4) is 5.75 Å². The number of rotatable bonds is 8. The largest absolute Gasteiger partial charge is 0.493 e. The van der Waals surface area contributed by atoms with Crippen molar-refractivity contribution < 1.29 is 17.9 Å². The molecule has 132 valence electrons. The Labute approximate surface area is 143 Å². The van der Waals surface area contributed by atoms with Crippen LogP contribution in [0.3, 0.4) is 0 Å². The molecule has 6 nitrogen and oxygen atoms in total. The molecule has 0 aromatic heterocycles. The first-order chi connectivity index (χ1) is 11.4. The smallest absolute Gasteiger partial charge is 0.243 e. The number of nitrogens with zero attached hydrogens (tertiary/aromatic N) is 1. The normalized spacial score (nSPS) is 14.0. The Morgan fingerprint density at radius 3 is 2.96 bits per heavy atom. The topological polar surface area (TPSA) is 75.7 Å². The van der Waals surface area contributed by atoms with Crippen LogP contribution in [0.15, 0.2) is 24.3 Å². The van der Waals surface area contributed by atoms with Crippen LogP contribution in [-0.2, 0) is 21.2 Å². The highest BCUT2D eigenvalue weighted by Gasteiger charge is 2.14. The van der Waals surface area contributed by atoms with Gasteiger partial charge in [0.2, 0.25) is 15.9 Å². The van der Waals surface area contributed by atoms with Gasteiger partial charge in [-0.15, -0.1) is 0 Å². The standard InChI is InChI=1S/C17H24N2O4S/c1-3-24(21,22)19(2)11-4-10-18-17(20)8-6-14-5-7-16-15(13-14)9-12-23-16/h5-8,13H,3-4,9-12H2,1-2H3,(H,18,20)/b8-6+. The molecule has 1 aliphatic heterocycles. The molecule has 0 atom stereocenters. The molecule has 0 saturated carbocycles. The summed E-state index contributed by atoms with van der Waals surface area (Å²) < 4.78 is 29.9. The van der Waals surface area contributed by atoms with Crippen molar-refractivity contribution in [1.29, 1.82) is 0 Å². The highest BCUT2D eigenvalue weighted by Crippen LogP contribution is 2.26. The lowest BCUT2D eigenvalue weighted by molar-refractivity contribution is -0.116. The monoisotopic (exact) mass is 352 g/mol. The van der Waals surface area contributed by atoms with Gasteiger partial charge in [-0.3, -0.25) is 4.79 Å². The van der Waals surface area contributed by atoms with Gasteiger partial charge in [-0.2, -0.15) is 0 Å². The number of amides is 1. The Bertz CT molecular complexity index is 713. The summed E-state index contributed by atoms with van der Waals surface area (Å²) in [6, 6.07) is 5.86. The highest BCUT2D eigenvalue weighted by atomic mass is 32.2. The molecule has 1 N–H and O–H groups in total. The molecule has 1 aliphatic rings. The first-order valence-electron chi connectivity index (χ1n) is 8.08. The zero-order valence-electron chi connectivity index (χ0n) is 14.1. The van der Waals surface area contributed by atoms with Crippen LogP contribution in [0, 0.1) is 0 Å². The van der Waals surface area contributed by atoms with Gasteiger partial charge in [-0.05, 0) is 42.7 Å². The number of nitrogens with one attached hydrogen (secondary N) is 1. The molecule has 0 saturated heterocycles. The van der Waals surface area contributed by atoms with E-state index in [1.54, 1.807) is 20.0 Å². The van der Waals surface area contributed by atoms with Gasteiger partial charge in [0.05, 0.1) is 12.4 Å². The van der Waals surface area contributed by atoms with Crippen LogP contribution in [0.5, 0.6) is 5.75 Å². The highest BCUT2D eigenvalue weighted by molar-refractivity contribution is 7.89. The van der Waals surface area contributed by atoms with E-state index < -0.39 is 10.0 Å². The van der Waals surface area contributed by atoms with Gasteiger partial charge in [0, 0.05) is 32.6 Å². The van der Waals surface area contributed by atoms with E-state index in [4.69, 9.17) is 4.74 Å². The molecule has 0 spiro atoms. The van der Waals surface area contributed by atoms with Crippen molar-refractivity contribution in [2.75, 3.05) is 32.5 Å². The number of benzene rings is 1. The second-order valence-electron chi connectivity index (χ2n) is 5.67. The number of carbonyl (C=O) groups is 1. The third-order valence-electron chi connectivity index (χ3n) is 3.93. The second-order valence-corrected chi connectivity index (χ2v) is 8.03. The number of hydrogen-bond donors (Lipinski definition) is 1. The summed E-state index contributed by atoms with van der Waals surface area (Å²) in [5.74, 6) is 0.820. The van der Waals surface area contributed by atoms with Gasteiger partial charge in [-0.1, -0.05) is 6.07 Å². The minimum atomic E-state index is -3.15. The van der Waals surface area contributed by atoms with Crippen molar-refractivity contribution in [2.24, 2.45) is 0 Å². The molecule has 1 heterocycles. The molecule has 7 heteroatoms. The van der Waals surface area contributed by atoms with E-state index in [1.165, 1.54) is 10.4 Å². The molecular formula is C17H24N2O4S. The van der Waals surface area contributed by atoms with E-state index in [9.17, 15) is 13.2 Å².